The van der Waals surface area contributed by atoms with Crippen molar-refractivity contribution in [3.8, 4) is 11.1 Å². The summed E-state index contributed by atoms with van der Waals surface area (Å²) in [6.07, 6.45) is 0. The molecule has 0 saturated heterocycles. The second-order valence-corrected chi connectivity index (χ2v) is 4.28. The highest BCUT2D eigenvalue weighted by Crippen LogP contribution is 2.31. The van der Waals surface area contributed by atoms with Crippen LogP contribution in [0.25, 0.3) is 11.1 Å². The number of benzene rings is 2. The molecular weight excluding hydrogens is 250 g/mol. The van der Waals surface area contributed by atoms with Gasteiger partial charge in [-0.3, -0.25) is 0 Å². The molecular formula is C14H10ClNS. The molecule has 2 aromatic carbocycles. The van der Waals surface area contributed by atoms with Crippen molar-refractivity contribution in [2.24, 2.45) is 4.99 Å². The Morgan fingerprint density at radius 3 is 2.65 bits per heavy atom. The molecule has 0 aliphatic carbocycles. The minimum absolute atomic E-state index is 0.727. The van der Waals surface area contributed by atoms with Crippen LogP contribution in [0.15, 0.2) is 47.5 Å². The van der Waals surface area contributed by atoms with E-state index in [1.54, 1.807) is 0 Å². The van der Waals surface area contributed by atoms with Crippen LogP contribution in [0.3, 0.4) is 0 Å². The molecule has 0 amide bonds. The fourth-order valence-corrected chi connectivity index (χ4v) is 2.05. The van der Waals surface area contributed by atoms with Gasteiger partial charge in [-0.15, -0.1) is 0 Å². The molecule has 0 aliphatic rings. The summed E-state index contributed by atoms with van der Waals surface area (Å²) < 4.78 is 0. The molecule has 17 heavy (non-hydrogen) atoms. The van der Waals surface area contributed by atoms with Crippen molar-refractivity contribution in [2.75, 3.05) is 0 Å². The topological polar surface area (TPSA) is 12.4 Å². The van der Waals surface area contributed by atoms with Gasteiger partial charge in [0.15, 0.2) is 0 Å². The Bertz CT molecular complexity index is 601. The first-order valence-electron chi connectivity index (χ1n) is 5.16. The second kappa shape index (κ2) is 5.24. The Morgan fingerprint density at radius 1 is 1.18 bits per heavy atom. The average Bonchev–Trinajstić information content (AvgIpc) is 2.32. The van der Waals surface area contributed by atoms with Crippen molar-refractivity contribution in [3.63, 3.8) is 0 Å². The standard InChI is InChI=1S/C14H10ClNS/c1-10-13(6-3-7-14(10)16-9-17)11-4-2-5-12(15)8-11/h2-8H,1H3. The van der Waals surface area contributed by atoms with E-state index in [0.717, 1.165) is 27.4 Å². The van der Waals surface area contributed by atoms with Gasteiger partial charge in [-0.2, -0.15) is 4.99 Å². The SMILES string of the molecule is Cc1c(N=C=S)cccc1-c1cccc(Cl)c1. The average molecular weight is 260 g/mol. The predicted molar refractivity (Wildman–Crippen MR) is 76.3 cm³/mol. The molecule has 0 unspecified atom stereocenters. The Kier molecular flexibility index (Phi) is 3.70. The first-order valence-corrected chi connectivity index (χ1v) is 5.94. The molecule has 2 rings (SSSR count). The summed E-state index contributed by atoms with van der Waals surface area (Å²) in [5.41, 5.74) is 4.11. The lowest BCUT2D eigenvalue weighted by Crippen LogP contribution is -1.83. The molecule has 0 aliphatic heterocycles. The van der Waals surface area contributed by atoms with Crippen molar-refractivity contribution >= 4 is 34.7 Å². The molecule has 3 heteroatoms. The van der Waals surface area contributed by atoms with Crippen LogP contribution < -0.4 is 0 Å². The zero-order valence-electron chi connectivity index (χ0n) is 9.27. The summed E-state index contributed by atoms with van der Waals surface area (Å²) in [7, 11) is 0. The van der Waals surface area contributed by atoms with Crippen molar-refractivity contribution in [3.05, 3.63) is 53.1 Å². The third-order valence-corrected chi connectivity index (χ3v) is 2.93. The second-order valence-electron chi connectivity index (χ2n) is 3.66. The van der Waals surface area contributed by atoms with Crippen molar-refractivity contribution in [1.82, 2.24) is 0 Å². The highest BCUT2D eigenvalue weighted by molar-refractivity contribution is 7.78. The van der Waals surface area contributed by atoms with Crippen LogP contribution in [-0.2, 0) is 0 Å². The molecule has 0 bridgehead atoms. The minimum Gasteiger partial charge on any atom is -0.194 e. The van der Waals surface area contributed by atoms with Gasteiger partial charge in [-0.25, -0.2) is 0 Å². The smallest absolute Gasteiger partial charge is 0.0774 e. The van der Waals surface area contributed by atoms with Gasteiger partial charge in [0, 0.05) is 5.02 Å². The van der Waals surface area contributed by atoms with Crippen molar-refractivity contribution in [2.45, 2.75) is 6.92 Å². The van der Waals surface area contributed by atoms with E-state index in [0.29, 0.717) is 0 Å². The number of aliphatic imine (C=N–C) groups is 1. The van der Waals surface area contributed by atoms with E-state index in [1.165, 1.54) is 0 Å². The zero-order valence-corrected chi connectivity index (χ0v) is 10.8. The van der Waals surface area contributed by atoms with Gasteiger partial charge in [0.05, 0.1) is 10.8 Å². The first kappa shape index (κ1) is 12.0. The van der Waals surface area contributed by atoms with Crippen molar-refractivity contribution in [1.29, 1.82) is 0 Å². The molecule has 0 heterocycles. The fourth-order valence-electron chi connectivity index (χ4n) is 1.76. The Morgan fingerprint density at radius 2 is 1.94 bits per heavy atom. The van der Waals surface area contributed by atoms with E-state index in [-0.39, 0.29) is 0 Å². The molecule has 0 fully saturated rings. The first-order chi connectivity index (χ1) is 8.22. The van der Waals surface area contributed by atoms with E-state index < -0.39 is 0 Å². The lowest BCUT2D eigenvalue weighted by molar-refractivity contribution is 1.40. The maximum atomic E-state index is 6.00. The molecule has 0 atom stereocenters. The van der Waals surface area contributed by atoms with Gasteiger partial charge in [0.2, 0.25) is 0 Å². The molecule has 1 nitrogen and oxygen atoms in total. The number of hydrogen-bond donors (Lipinski definition) is 0. The Balaban J connectivity index is 2.60. The molecule has 84 valence electrons. The fraction of sp³-hybridized carbons (Fsp3) is 0.0714. The van der Waals surface area contributed by atoms with E-state index in [1.807, 2.05) is 49.4 Å². The zero-order chi connectivity index (χ0) is 12.3. The van der Waals surface area contributed by atoms with Gasteiger partial charge >= 0.3 is 0 Å². The maximum absolute atomic E-state index is 6.00. The predicted octanol–water partition coefficient (Wildman–Crippen LogP) is 5.05. The Hall–Kier alpha value is -1.47. The summed E-state index contributed by atoms with van der Waals surface area (Å²) in [5.74, 6) is 0. The highest BCUT2D eigenvalue weighted by atomic mass is 35.5. The minimum atomic E-state index is 0.727. The van der Waals surface area contributed by atoms with E-state index in [4.69, 9.17) is 11.6 Å². The van der Waals surface area contributed by atoms with Crippen LogP contribution in [0.5, 0.6) is 0 Å². The van der Waals surface area contributed by atoms with Gasteiger partial charge in [0.25, 0.3) is 0 Å². The molecule has 2 aromatic rings. The van der Waals surface area contributed by atoms with Gasteiger partial charge in [0.1, 0.15) is 0 Å². The van der Waals surface area contributed by atoms with Crippen LogP contribution >= 0.6 is 23.8 Å². The summed E-state index contributed by atoms with van der Waals surface area (Å²) in [6.45, 7) is 2.02. The van der Waals surface area contributed by atoms with E-state index in [2.05, 4.69) is 22.4 Å². The molecule has 0 spiro atoms. The Labute approximate surface area is 111 Å². The maximum Gasteiger partial charge on any atom is 0.0774 e. The van der Waals surface area contributed by atoms with Crippen LogP contribution in [-0.4, -0.2) is 5.16 Å². The normalized spacial score (nSPS) is 9.76. The number of hydrogen-bond acceptors (Lipinski definition) is 2. The number of nitrogens with zero attached hydrogens (tertiary/aromatic N) is 1. The number of isothiocyanates is 1. The summed E-state index contributed by atoms with van der Waals surface area (Å²) in [4.78, 5) is 4.05. The van der Waals surface area contributed by atoms with E-state index >= 15 is 0 Å². The molecule has 0 radical (unpaired) electrons. The van der Waals surface area contributed by atoms with Gasteiger partial charge < -0.3 is 0 Å². The monoisotopic (exact) mass is 259 g/mol. The molecule has 0 N–H and O–H groups in total. The van der Waals surface area contributed by atoms with Crippen LogP contribution in [0.4, 0.5) is 5.69 Å². The number of halogens is 1. The summed E-state index contributed by atoms with van der Waals surface area (Å²) >= 11 is 10.6. The lowest BCUT2D eigenvalue weighted by atomic mass is 9.99. The number of thiocarbonyl (C=S) groups is 1. The largest absolute Gasteiger partial charge is 0.194 e. The molecule has 0 aromatic heterocycles. The highest BCUT2D eigenvalue weighted by Gasteiger charge is 2.05. The van der Waals surface area contributed by atoms with Crippen LogP contribution in [0.2, 0.25) is 5.02 Å². The van der Waals surface area contributed by atoms with Crippen molar-refractivity contribution < 1.29 is 0 Å². The van der Waals surface area contributed by atoms with Gasteiger partial charge in [-0.1, -0.05) is 35.9 Å². The summed E-state index contributed by atoms with van der Waals surface area (Å²) in [5, 5.41) is 3.12. The quantitative estimate of drug-likeness (QED) is 0.543. The van der Waals surface area contributed by atoms with Gasteiger partial charge in [-0.05, 0) is 54.0 Å². The summed E-state index contributed by atoms with van der Waals surface area (Å²) in [6, 6.07) is 13.7. The van der Waals surface area contributed by atoms with Crippen LogP contribution in [0.1, 0.15) is 5.56 Å². The van der Waals surface area contributed by atoms with Crippen LogP contribution in [0, 0.1) is 6.92 Å². The third kappa shape index (κ3) is 2.62. The molecule has 0 saturated carbocycles. The third-order valence-electron chi connectivity index (χ3n) is 2.61. The lowest BCUT2D eigenvalue weighted by Gasteiger charge is -2.08. The van der Waals surface area contributed by atoms with E-state index in [9.17, 15) is 0 Å². The number of rotatable bonds is 2.